The Kier molecular flexibility index (Phi) is 2.99. The van der Waals surface area contributed by atoms with E-state index in [1.165, 1.54) is 0 Å². The Morgan fingerprint density at radius 3 is 2.47 bits per heavy atom. The third-order valence-corrected chi connectivity index (χ3v) is 3.00. The quantitative estimate of drug-likeness (QED) is 0.854. The molecule has 3 heteroatoms. The highest BCUT2D eigenvalue weighted by Gasteiger charge is 2.11. The highest BCUT2D eigenvalue weighted by molar-refractivity contribution is 5.68. The predicted octanol–water partition coefficient (Wildman–Crippen LogP) is 2.36. The molecule has 0 spiro atoms. The van der Waals surface area contributed by atoms with E-state index in [4.69, 9.17) is 10.4 Å². The summed E-state index contributed by atoms with van der Waals surface area (Å²) in [5, 5.41) is 18.1. The normalized spacial score (nSPS) is 10.2. The molecule has 0 aliphatic heterocycles. The average Bonchev–Trinajstić information content (AvgIpc) is 2.65. The summed E-state index contributed by atoms with van der Waals surface area (Å²) in [6.45, 7) is 2.02. The van der Waals surface area contributed by atoms with E-state index in [1.54, 1.807) is 0 Å². The van der Waals surface area contributed by atoms with Crippen molar-refractivity contribution in [2.75, 3.05) is 0 Å². The van der Waals surface area contributed by atoms with E-state index in [0.717, 1.165) is 22.5 Å². The minimum atomic E-state index is 0.0392. The molecule has 0 unspecified atom stereocenters. The van der Waals surface area contributed by atoms with Gasteiger partial charge in [-0.15, -0.1) is 0 Å². The standard InChI is InChI=1S/C14H14N2O/c1-10-7-13(8-15)14(16(10)2)12-5-3-11(9-17)4-6-12/h3-7,17H,9H2,1-2H3. The lowest BCUT2D eigenvalue weighted by Crippen LogP contribution is -1.95. The molecule has 2 aromatic rings. The Bertz CT molecular complexity index is 574. The predicted molar refractivity (Wildman–Crippen MR) is 66.2 cm³/mol. The molecular weight excluding hydrogens is 212 g/mol. The molecule has 1 heterocycles. The van der Waals surface area contributed by atoms with Crippen LogP contribution in [-0.4, -0.2) is 9.67 Å². The van der Waals surface area contributed by atoms with Crippen molar-refractivity contribution < 1.29 is 5.11 Å². The largest absolute Gasteiger partial charge is 0.392 e. The molecule has 0 fully saturated rings. The van der Waals surface area contributed by atoms with Gasteiger partial charge in [-0.05, 0) is 24.1 Å². The molecule has 0 saturated carbocycles. The summed E-state index contributed by atoms with van der Waals surface area (Å²) in [7, 11) is 1.95. The van der Waals surface area contributed by atoms with Gasteiger partial charge in [0.15, 0.2) is 0 Å². The SMILES string of the molecule is Cc1cc(C#N)c(-c2ccc(CO)cc2)n1C. The second-order valence-electron chi connectivity index (χ2n) is 4.07. The number of hydrogen-bond acceptors (Lipinski definition) is 2. The first-order chi connectivity index (χ1) is 8.17. The number of aliphatic hydroxyl groups excluding tert-OH is 1. The second-order valence-corrected chi connectivity index (χ2v) is 4.07. The van der Waals surface area contributed by atoms with Gasteiger partial charge >= 0.3 is 0 Å². The number of nitriles is 1. The van der Waals surface area contributed by atoms with Crippen molar-refractivity contribution in [2.24, 2.45) is 7.05 Å². The molecular formula is C14H14N2O. The van der Waals surface area contributed by atoms with Gasteiger partial charge in [-0.3, -0.25) is 0 Å². The average molecular weight is 226 g/mol. The molecule has 0 bridgehead atoms. The lowest BCUT2D eigenvalue weighted by Gasteiger charge is -2.06. The Labute approximate surface area is 101 Å². The van der Waals surface area contributed by atoms with E-state index in [-0.39, 0.29) is 6.61 Å². The zero-order chi connectivity index (χ0) is 12.4. The first-order valence-corrected chi connectivity index (χ1v) is 5.44. The zero-order valence-corrected chi connectivity index (χ0v) is 9.94. The molecule has 2 rings (SSSR count). The first-order valence-electron chi connectivity index (χ1n) is 5.44. The molecule has 0 atom stereocenters. The van der Waals surface area contributed by atoms with Crippen LogP contribution in [0.5, 0.6) is 0 Å². The van der Waals surface area contributed by atoms with Crippen LogP contribution in [0, 0.1) is 18.3 Å². The van der Waals surface area contributed by atoms with Gasteiger partial charge in [0.2, 0.25) is 0 Å². The van der Waals surface area contributed by atoms with Gasteiger partial charge in [0.25, 0.3) is 0 Å². The number of hydrogen-bond donors (Lipinski definition) is 1. The molecule has 1 aromatic carbocycles. The smallest absolute Gasteiger partial charge is 0.101 e. The van der Waals surface area contributed by atoms with Crippen LogP contribution in [0.25, 0.3) is 11.3 Å². The molecule has 1 aromatic heterocycles. The number of aromatic nitrogens is 1. The van der Waals surface area contributed by atoms with E-state index in [0.29, 0.717) is 5.56 Å². The molecule has 3 nitrogen and oxygen atoms in total. The highest BCUT2D eigenvalue weighted by Crippen LogP contribution is 2.26. The van der Waals surface area contributed by atoms with Crippen molar-refractivity contribution in [3.05, 3.63) is 47.2 Å². The van der Waals surface area contributed by atoms with Gasteiger partial charge in [0.1, 0.15) is 6.07 Å². The zero-order valence-electron chi connectivity index (χ0n) is 9.94. The summed E-state index contributed by atoms with van der Waals surface area (Å²) in [6, 6.07) is 11.7. The molecule has 0 amide bonds. The van der Waals surface area contributed by atoms with Gasteiger partial charge in [0, 0.05) is 12.7 Å². The van der Waals surface area contributed by atoms with E-state index >= 15 is 0 Å². The summed E-state index contributed by atoms with van der Waals surface area (Å²) in [5.74, 6) is 0. The third-order valence-electron chi connectivity index (χ3n) is 3.00. The lowest BCUT2D eigenvalue weighted by atomic mass is 10.1. The summed E-state index contributed by atoms with van der Waals surface area (Å²) >= 11 is 0. The topological polar surface area (TPSA) is 48.9 Å². The van der Waals surface area contributed by atoms with Crippen molar-refractivity contribution in [2.45, 2.75) is 13.5 Å². The number of benzene rings is 1. The maximum Gasteiger partial charge on any atom is 0.101 e. The van der Waals surface area contributed by atoms with Crippen molar-refractivity contribution in [1.82, 2.24) is 4.57 Å². The highest BCUT2D eigenvalue weighted by atomic mass is 16.3. The fourth-order valence-corrected chi connectivity index (χ4v) is 1.93. The van der Waals surface area contributed by atoms with Gasteiger partial charge in [-0.1, -0.05) is 24.3 Å². The van der Waals surface area contributed by atoms with Crippen LogP contribution in [0.3, 0.4) is 0 Å². The fraction of sp³-hybridized carbons (Fsp3) is 0.214. The number of nitrogens with zero attached hydrogens (tertiary/aromatic N) is 2. The maximum atomic E-state index is 9.11. The van der Waals surface area contributed by atoms with Crippen LogP contribution >= 0.6 is 0 Å². The molecule has 86 valence electrons. The number of rotatable bonds is 2. The molecule has 0 aliphatic rings. The Hall–Kier alpha value is -2.05. The summed E-state index contributed by atoms with van der Waals surface area (Å²) in [5.41, 5.74) is 4.53. The van der Waals surface area contributed by atoms with E-state index in [2.05, 4.69) is 6.07 Å². The Balaban J connectivity index is 2.56. The molecule has 17 heavy (non-hydrogen) atoms. The van der Waals surface area contributed by atoms with Gasteiger partial charge in [0.05, 0.1) is 17.9 Å². The van der Waals surface area contributed by atoms with Crippen LogP contribution in [-0.2, 0) is 13.7 Å². The minimum Gasteiger partial charge on any atom is -0.392 e. The molecule has 1 N–H and O–H groups in total. The minimum absolute atomic E-state index is 0.0392. The van der Waals surface area contributed by atoms with Crippen molar-refractivity contribution >= 4 is 0 Å². The second kappa shape index (κ2) is 4.44. The fourth-order valence-electron chi connectivity index (χ4n) is 1.93. The van der Waals surface area contributed by atoms with Crippen molar-refractivity contribution in [3.8, 4) is 17.3 Å². The number of aryl methyl sites for hydroxylation is 1. The maximum absolute atomic E-state index is 9.11. The Morgan fingerprint density at radius 2 is 1.94 bits per heavy atom. The van der Waals surface area contributed by atoms with E-state index < -0.39 is 0 Å². The summed E-state index contributed by atoms with van der Waals surface area (Å²) in [6.07, 6.45) is 0. The van der Waals surface area contributed by atoms with Crippen molar-refractivity contribution in [3.63, 3.8) is 0 Å². The molecule has 0 saturated heterocycles. The third kappa shape index (κ3) is 1.95. The van der Waals surface area contributed by atoms with Gasteiger partial charge in [-0.25, -0.2) is 0 Å². The lowest BCUT2D eigenvalue weighted by molar-refractivity contribution is 0.282. The van der Waals surface area contributed by atoms with Crippen LogP contribution in [0.4, 0.5) is 0 Å². The Morgan fingerprint density at radius 1 is 1.29 bits per heavy atom. The monoisotopic (exact) mass is 226 g/mol. The van der Waals surface area contributed by atoms with Crippen LogP contribution in [0.2, 0.25) is 0 Å². The van der Waals surface area contributed by atoms with Gasteiger partial charge < -0.3 is 9.67 Å². The van der Waals surface area contributed by atoms with Crippen LogP contribution in [0.1, 0.15) is 16.8 Å². The van der Waals surface area contributed by atoms with Gasteiger partial charge in [-0.2, -0.15) is 5.26 Å². The van der Waals surface area contributed by atoms with E-state index in [1.807, 2.05) is 48.9 Å². The van der Waals surface area contributed by atoms with Crippen molar-refractivity contribution in [1.29, 1.82) is 5.26 Å². The summed E-state index contributed by atoms with van der Waals surface area (Å²) < 4.78 is 2.01. The van der Waals surface area contributed by atoms with Crippen LogP contribution < -0.4 is 0 Å². The molecule has 0 aliphatic carbocycles. The summed E-state index contributed by atoms with van der Waals surface area (Å²) in [4.78, 5) is 0. The first kappa shape index (κ1) is 11.4. The number of aliphatic hydroxyl groups is 1. The molecule has 0 radical (unpaired) electrons. The van der Waals surface area contributed by atoms with Crippen LogP contribution in [0.15, 0.2) is 30.3 Å². The van der Waals surface area contributed by atoms with E-state index in [9.17, 15) is 0 Å².